The number of hydrogen-bond donors (Lipinski definition) is 2. The quantitative estimate of drug-likeness (QED) is 0.847. The predicted molar refractivity (Wildman–Crippen MR) is 80.8 cm³/mol. The van der Waals surface area contributed by atoms with Gasteiger partial charge in [-0.15, -0.1) is 0 Å². The van der Waals surface area contributed by atoms with Crippen molar-refractivity contribution < 1.29 is 13.2 Å². The van der Waals surface area contributed by atoms with Gasteiger partial charge < -0.3 is 10.1 Å². The van der Waals surface area contributed by atoms with Crippen molar-refractivity contribution in [2.45, 2.75) is 11.4 Å². The summed E-state index contributed by atoms with van der Waals surface area (Å²) in [5, 5.41) is 3.20. The van der Waals surface area contributed by atoms with Crippen LogP contribution in [0.5, 0.6) is 5.88 Å². The summed E-state index contributed by atoms with van der Waals surface area (Å²) in [4.78, 5) is 4.35. The first-order chi connectivity index (χ1) is 10.1. The Morgan fingerprint density at radius 2 is 1.90 bits per heavy atom. The third-order valence-electron chi connectivity index (χ3n) is 2.96. The Balaban J connectivity index is 2.08. The van der Waals surface area contributed by atoms with E-state index >= 15 is 0 Å². The van der Waals surface area contributed by atoms with E-state index < -0.39 is 10.0 Å². The van der Waals surface area contributed by atoms with E-state index in [2.05, 4.69) is 15.0 Å². The molecule has 112 valence electrons. The Hall–Kier alpha value is -2.12. The number of rotatable bonds is 6. The van der Waals surface area contributed by atoms with Crippen LogP contribution in [0, 0.1) is 0 Å². The fourth-order valence-electron chi connectivity index (χ4n) is 1.81. The van der Waals surface area contributed by atoms with Crippen LogP contribution in [0.2, 0.25) is 0 Å². The van der Waals surface area contributed by atoms with Crippen LogP contribution in [0.1, 0.15) is 5.56 Å². The van der Waals surface area contributed by atoms with Crippen LogP contribution in [0.15, 0.2) is 47.5 Å². The number of methoxy groups -OCH3 is 1. The number of aromatic nitrogens is 1. The molecular formula is C14H17N3O3S. The smallest absolute Gasteiger partial charge is 0.240 e. The fourth-order valence-corrected chi connectivity index (χ4v) is 2.54. The number of nitrogens with zero attached hydrogens (tertiary/aromatic N) is 1. The highest BCUT2D eigenvalue weighted by Crippen LogP contribution is 2.17. The van der Waals surface area contributed by atoms with E-state index in [0.29, 0.717) is 12.4 Å². The van der Waals surface area contributed by atoms with E-state index in [1.807, 2.05) is 12.1 Å². The van der Waals surface area contributed by atoms with Crippen molar-refractivity contribution in [2.24, 2.45) is 0 Å². The molecule has 2 aromatic rings. The maximum Gasteiger partial charge on any atom is 0.240 e. The summed E-state index contributed by atoms with van der Waals surface area (Å²) >= 11 is 0. The number of anilines is 1. The lowest BCUT2D eigenvalue weighted by atomic mass is 10.2. The van der Waals surface area contributed by atoms with Gasteiger partial charge >= 0.3 is 0 Å². The normalized spacial score (nSPS) is 11.1. The number of sulfonamides is 1. The zero-order valence-corrected chi connectivity index (χ0v) is 12.6. The van der Waals surface area contributed by atoms with Gasteiger partial charge in [-0.2, -0.15) is 0 Å². The van der Waals surface area contributed by atoms with Gasteiger partial charge in [0.05, 0.1) is 12.0 Å². The van der Waals surface area contributed by atoms with Gasteiger partial charge in [-0.1, -0.05) is 6.07 Å². The van der Waals surface area contributed by atoms with Gasteiger partial charge in [0.2, 0.25) is 15.9 Å². The van der Waals surface area contributed by atoms with E-state index in [0.717, 1.165) is 11.3 Å². The Bertz CT molecular complexity index is 700. The highest BCUT2D eigenvalue weighted by molar-refractivity contribution is 7.89. The first-order valence-corrected chi connectivity index (χ1v) is 7.80. The summed E-state index contributed by atoms with van der Waals surface area (Å²) in [5.41, 5.74) is 1.74. The second-order valence-electron chi connectivity index (χ2n) is 4.26. The minimum atomic E-state index is -3.40. The van der Waals surface area contributed by atoms with Crippen LogP contribution in [0.25, 0.3) is 0 Å². The monoisotopic (exact) mass is 307 g/mol. The first-order valence-electron chi connectivity index (χ1n) is 6.32. The first kappa shape index (κ1) is 15.3. The van der Waals surface area contributed by atoms with E-state index in [4.69, 9.17) is 4.74 Å². The SMILES string of the molecule is CNS(=O)(=O)c1ccc(NCc2cccnc2OC)cc1. The molecule has 7 heteroatoms. The van der Waals surface area contributed by atoms with Crippen LogP contribution in [-0.2, 0) is 16.6 Å². The summed E-state index contributed by atoms with van der Waals surface area (Å²) in [6.07, 6.45) is 1.67. The number of nitrogens with one attached hydrogen (secondary N) is 2. The molecule has 0 saturated carbocycles. The summed E-state index contributed by atoms with van der Waals surface area (Å²) < 4.78 is 30.7. The van der Waals surface area contributed by atoms with Crippen LogP contribution >= 0.6 is 0 Å². The summed E-state index contributed by atoms with van der Waals surface area (Å²) in [6.45, 7) is 0.537. The molecule has 1 aromatic carbocycles. The lowest BCUT2D eigenvalue weighted by Gasteiger charge is -2.10. The zero-order valence-electron chi connectivity index (χ0n) is 11.8. The number of ether oxygens (including phenoxy) is 1. The molecule has 1 aromatic heterocycles. The molecule has 0 aliphatic rings. The molecule has 0 saturated heterocycles. The van der Waals surface area contributed by atoms with Gasteiger partial charge in [-0.3, -0.25) is 0 Å². The highest BCUT2D eigenvalue weighted by Gasteiger charge is 2.10. The largest absolute Gasteiger partial charge is 0.481 e. The van der Waals surface area contributed by atoms with E-state index in [9.17, 15) is 8.42 Å². The van der Waals surface area contributed by atoms with Crippen molar-refractivity contribution in [2.75, 3.05) is 19.5 Å². The maximum absolute atomic E-state index is 11.6. The van der Waals surface area contributed by atoms with Gasteiger partial charge in [0.15, 0.2) is 0 Å². The zero-order chi connectivity index (χ0) is 15.3. The van der Waals surface area contributed by atoms with Gasteiger partial charge in [0.25, 0.3) is 0 Å². The molecule has 0 atom stereocenters. The van der Waals surface area contributed by atoms with Crippen molar-refractivity contribution in [3.63, 3.8) is 0 Å². The third kappa shape index (κ3) is 3.71. The topological polar surface area (TPSA) is 80.3 Å². The van der Waals surface area contributed by atoms with Crippen molar-refractivity contribution in [1.29, 1.82) is 0 Å². The summed E-state index contributed by atoms with van der Waals surface area (Å²) in [6, 6.07) is 10.3. The molecule has 21 heavy (non-hydrogen) atoms. The second kappa shape index (κ2) is 6.55. The molecule has 2 N–H and O–H groups in total. The Labute approximate surface area is 124 Å². The van der Waals surface area contributed by atoms with E-state index in [1.165, 1.54) is 7.05 Å². The molecule has 0 bridgehead atoms. The van der Waals surface area contributed by atoms with Crippen molar-refractivity contribution >= 4 is 15.7 Å². The van der Waals surface area contributed by atoms with E-state index in [1.54, 1.807) is 37.6 Å². The molecule has 0 fully saturated rings. The highest BCUT2D eigenvalue weighted by atomic mass is 32.2. The van der Waals surface area contributed by atoms with Gasteiger partial charge in [0, 0.05) is 24.0 Å². The lowest BCUT2D eigenvalue weighted by molar-refractivity contribution is 0.393. The summed E-state index contributed by atoms with van der Waals surface area (Å²) in [5.74, 6) is 0.569. The van der Waals surface area contributed by atoms with E-state index in [-0.39, 0.29) is 4.90 Å². The van der Waals surface area contributed by atoms with Crippen molar-refractivity contribution in [3.8, 4) is 5.88 Å². The Kier molecular flexibility index (Phi) is 4.77. The average Bonchev–Trinajstić information content (AvgIpc) is 2.53. The minimum absolute atomic E-state index is 0.231. The standard InChI is InChI=1S/C14H17N3O3S/c1-15-21(18,19)13-7-5-12(6-8-13)17-10-11-4-3-9-16-14(11)20-2/h3-9,15,17H,10H2,1-2H3. The van der Waals surface area contributed by atoms with Crippen molar-refractivity contribution in [1.82, 2.24) is 9.71 Å². The Morgan fingerprint density at radius 1 is 1.19 bits per heavy atom. The third-order valence-corrected chi connectivity index (χ3v) is 4.39. The molecule has 0 amide bonds. The number of pyridine rings is 1. The molecule has 0 aliphatic heterocycles. The molecule has 0 radical (unpaired) electrons. The van der Waals surface area contributed by atoms with Crippen LogP contribution < -0.4 is 14.8 Å². The number of benzene rings is 1. The molecule has 6 nitrogen and oxygen atoms in total. The summed E-state index contributed by atoms with van der Waals surface area (Å²) in [7, 11) is -0.443. The van der Waals surface area contributed by atoms with Crippen LogP contribution in [0.3, 0.4) is 0 Å². The fraction of sp³-hybridized carbons (Fsp3) is 0.214. The molecule has 0 aliphatic carbocycles. The molecule has 1 heterocycles. The average molecular weight is 307 g/mol. The number of hydrogen-bond acceptors (Lipinski definition) is 5. The molecular weight excluding hydrogens is 290 g/mol. The van der Waals surface area contributed by atoms with Gasteiger partial charge in [0.1, 0.15) is 0 Å². The minimum Gasteiger partial charge on any atom is -0.481 e. The van der Waals surface area contributed by atoms with Crippen LogP contribution in [-0.4, -0.2) is 27.6 Å². The van der Waals surface area contributed by atoms with Gasteiger partial charge in [-0.25, -0.2) is 18.1 Å². The van der Waals surface area contributed by atoms with Gasteiger partial charge in [-0.05, 0) is 37.4 Å². The lowest BCUT2D eigenvalue weighted by Crippen LogP contribution is -2.18. The van der Waals surface area contributed by atoms with Crippen molar-refractivity contribution in [3.05, 3.63) is 48.2 Å². The predicted octanol–water partition coefficient (Wildman–Crippen LogP) is 1.61. The molecule has 2 rings (SSSR count). The maximum atomic E-state index is 11.6. The second-order valence-corrected chi connectivity index (χ2v) is 6.14. The molecule has 0 spiro atoms. The Morgan fingerprint density at radius 3 is 2.52 bits per heavy atom. The van der Waals surface area contributed by atoms with Crippen LogP contribution in [0.4, 0.5) is 5.69 Å². The molecule has 0 unspecified atom stereocenters.